The average molecular weight is 373 g/mol. The van der Waals surface area contributed by atoms with Crippen LogP contribution in [0.15, 0.2) is 24.3 Å². The van der Waals surface area contributed by atoms with Gasteiger partial charge in [-0.05, 0) is 74.0 Å². The number of anilines is 1. The van der Waals surface area contributed by atoms with Crippen LogP contribution in [0.1, 0.15) is 50.5 Å². The van der Waals surface area contributed by atoms with Gasteiger partial charge in [0.1, 0.15) is 0 Å². The molecule has 0 radical (unpaired) electrons. The summed E-state index contributed by atoms with van der Waals surface area (Å²) in [7, 11) is 0. The maximum atomic E-state index is 12.6. The van der Waals surface area contributed by atoms with Gasteiger partial charge in [-0.1, -0.05) is 22.0 Å². The number of nitrogens with one attached hydrogen (secondary N) is 1. The summed E-state index contributed by atoms with van der Waals surface area (Å²) in [5, 5.41) is 12.0. The molecule has 0 saturated heterocycles. The maximum Gasteiger partial charge on any atom is 0.224 e. The molecule has 5 rings (SSSR count). The van der Waals surface area contributed by atoms with Gasteiger partial charge in [-0.2, -0.15) is 5.26 Å². The number of hydrogen-bond donors (Lipinski definition) is 1. The zero-order valence-electron chi connectivity index (χ0n) is 13.1. The van der Waals surface area contributed by atoms with Crippen LogP contribution >= 0.6 is 15.9 Å². The first kappa shape index (κ1) is 15.2. The van der Waals surface area contributed by atoms with Crippen molar-refractivity contribution in [1.29, 1.82) is 5.26 Å². The standard InChI is InChI=1S/C19H21BrN2O/c20-19-8-14-4-15(9-19)7-18(6-14,12-19)10-17(23)22-16-3-1-2-13(5-16)11-21/h1-3,5,14-15H,4,6-10,12H2,(H,22,23)/t14-,15-,18?,19?/m0/s1. The molecule has 0 spiro atoms. The van der Waals surface area contributed by atoms with Gasteiger partial charge in [0.25, 0.3) is 0 Å². The van der Waals surface area contributed by atoms with Gasteiger partial charge in [-0.3, -0.25) is 4.79 Å². The van der Waals surface area contributed by atoms with Crippen LogP contribution in [0.3, 0.4) is 0 Å². The summed E-state index contributed by atoms with van der Waals surface area (Å²) in [6, 6.07) is 9.27. The first-order chi connectivity index (χ1) is 11.0. The lowest BCUT2D eigenvalue weighted by Crippen LogP contribution is -2.53. The number of nitrogens with zero attached hydrogens (tertiary/aromatic N) is 1. The summed E-state index contributed by atoms with van der Waals surface area (Å²) in [5.41, 5.74) is 1.49. The Labute approximate surface area is 145 Å². The molecule has 1 aromatic rings. The van der Waals surface area contributed by atoms with Crippen molar-refractivity contribution in [2.75, 3.05) is 5.32 Å². The molecule has 0 aromatic heterocycles. The molecule has 0 unspecified atom stereocenters. The SMILES string of the molecule is N#Cc1cccc(NC(=O)CC23C[C@@H]4C[C@H](CC(Br)(C4)C2)C3)c1. The van der Waals surface area contributed by atoms with Crippen molar-refractivity contribution in [3.05, 3.63) is 29.8 Å². The minimum atomic E-state index is 0.0955. The molecule has 0 aliphatic heterocycles. The third-order valence-corrected chi connectivity index (χ3v) is 6.85. The molecule has 3 nitrogen and oxygen atoms in total. The Hall–Kier alpha value is -1.34. The number of alkyl halides is 1. The van der Waals surface area contributed by atoms with E-state index in [0.29, 0.717) is 12.0 Å². The van der Waals surface area contributed by atoms with Gasteiger partial charge in [-0.15, -0.1) is 0 Å². The van der Waals surface area contributed by atoms with E-state index in [1.54, 1.807) is 12.1 Å². The van der Waals surface area contributed by atoms with Crippen LogP contribution in [-0.4, -0.2) is 10.2 Å². The van der Waals surface area contributed by atoms with E-state index in [9.17, 15) is 4.79 Å². The van der Waals surface area contributed by atoms with Crippen LogP contribution in [0.4, 0.5) is 5.69 Å². The molecule has 2 atom stereocenters. The van der Waals surface area contributed by atoms with E-state index in [0.717, 1.165) is 23.9 Å². The van der Waals surface area contributed by atoms with Crippen LogP contribution in [0.2, 0.25) is 0 Å². The smallest absolute Gasteiger partial charge is 0.224 e. The van der Waals surface area contributed by atoms with Crippen LogP contribution in [0, 0.1) is 28.6 Å². The average Bonchev–Trinajstić information content (AvgIpc) is 2.43. The molecule has 0 heterocycles. The van der Waals surface area contributed by atoms with E-state index in [2.05, 4.69) is 27.3 Å². The van der Waals surface area contributed by atoms with Crippen molar-refractivity contribution in [2.24, 2.45) is 17.3 Å². The van der Waals surface area contributed by atoms with Crippen LogP contribution in [0.25, 0.3) is 0 Å². The molecule has 1 N–H and O–H groups in total. The predicted octanol–water partition coefficient (Wildman–Crippen LogP) is 4.62. The second kappa shape index (κ2) is 5.34. The van der Waals surface area contributed by atoms with Crippen LogP contribution in [-0.2, 0) is 4.79 Å². The molecule has 1 amide bonds. The Morgan fingerprint density at radius 3 is 2.70 bits per heavy atom. The molecule has 4 aliphatic rings. The zero-order valence-corrected chi connectivity index (χ0v) is 14.7. The summed E-state index contributed by atoms with van der Waals surface area (Å²) in [4.78, 5) is 12.6. The van der Waals surface area contributed by atoms with Gasteiger partial charge >= 0.3 is 0 Å². The van der Waals surface area contributed by atoms with Gasteiger partial charge in [0, 0.05) is 16.4 Å². The lowest BCUT2D eigenvalue weighted by atomic mass is 9.48. The molecule has 4 fully saturated rings. The van der Waals surface area contributed by atoms with E-state index in [1.807, 2.05) is 12.1 Å². The number of nitriles is 1. The molecular formula is C19H21BrN2O. The van der Waals surface area contributed by atoms with Crippen molar-refractivity contribution < 1.29 is 4.79 Å². The summed E-state index contributed by atoms with van der Waals surface area (Å²) < 4.78 is 0.290. The normalized spacial score (nSPS) is 37.4. The van der Waals surface area contributed by atoms with E-state index >= 15 is 0 Å². The van der Waals surface area contributed by atoms with E-state index in [4.69, 9.17) is 5.26 Å². The van der Waals surface area contributed by atoms with Crippen LogP contribution in [0.5, 0.6) is 0 Å². The minimum absolute atomic E-state index is 0.0955. The zero-order chi connectivity index (χ0) is 16.1. The minimum Gasteiger partial charge on any atom is -0.326 e. The summed E-state index contributed by atoms with van der Waals surface area (Å²) in [6.07, 6.45) is 8.11. The predicted molar refractivity (Wildman–Crippen MR) is 93.2 cm³/mol. The fourth-order valence-electron chi connectivity index (χ4n) is 5.76. The van der Waals surface area contributed by atoms with Gasteiger partial charge in [-0.25, -0.2) is 0 Å². The molecule has 4 heteroatoms. The monoisotopic (exact) mass is 372 g/mol. The molecule has 23 heavy (non-hydrogen) atoms. The highest BCUT2D eigenvalue weighted by molar-refractivity contribution is 9.10. The van der Waals surface area contributed by atoms with Crippen molar-refractivity contribution in [3.8, 4) is 6.07 Å². The van der Waals surface area contributed by atoms with Crippen LogP contribution < -0.4 is 5.32 Å². The highest BCUT2D eigenvalue weighted by Gasteiger charge is 2.57. The second-order valence-corrected chi connectivity index (χ2v) is 9.71. The van der Waals surface area contributed by atoms with Crippen molar-refractivity contribution in [1.82, 2.24) is 0 Å². The maximum absolute atomic E-state index is 12.6. The Morgan fingerprint density at radius 2 is 2.04 bits per heavy atom. The van der Waals surface area contributed by atoms with Crippen molar-refractivity contribution >= 4 is 27.5 Å². The fraction of sp³-hybridized carbons (Fsp3) is 0.579. The first-order valence-electron chi connectivity index (χ1n) is 8.47. The van der Waals surface area contributed by atoms with Crippen molar-refractivity contribution in [2.45, 2.75) is 49.3 Å². The third kappa shape index (κ3) is 2.92. The highest BCUT2D eigenvalue weighted by Crippen LogP contribution is 2.65. The van der Waals surface area contributed by atoms with Gasteiger partial charge in [0.2, 0.25) is 5.91 Å². The quantitative estimate of drug-likeness (QED) is 0.786. The Bertz CT molecular complexity index is 679. The lowest BCUT2D eigenvalue weighted by molar-refractivity contribution is -0.123. The molecule has 4 saturated carbocycles. The number of halogens is 1. The first-order valence-corrected chi connectivity index (χ1v) is 9.26. The fourth-order valence-corrected chi connectivity index (χ4v) is 7.27. The Balaban J connectivity index is 1.47. The number of carbonyl (C=O) groups is 1. The Morgan fingerprint density at radius 1 is 1.30 bits per heavy atom. The second-order valence-electron chi connectivity index (χ2n) is 8.03. The summed E-state index contributed by atoms with van der Waals surface area (Å²) >= 11 is 4.00. The Kier molecular flexibility index (Phi) is 3.53. The molecular weight excluding hydrogens is 352 g/mol. The number of hydrogen-bond acceptors (Lipinski definition) is 2. The topological polar surface area (TPSA) is 52.9 Å². The number of carbonyl (C=O) groups excluding carboxylic acids is 1. The largest absolute Gasteiger partial charge is 0.326 e. The summed E-state index contributed by atoms with van der Waals surface area (Å²) in [5.74, 6) is 1.69. The third-order valence-electron chi connectivity index (χ3n) is 5.92. The molecule has 1 aromatic carbocycles. The van der Waals surface area contributed by atoms with E-state index in [-0.39, 0.29) is 15.6 Å². The molecule has 120 valence electrons. The van der Waals surface area contributed by atoms with Crippen molar-refractivity contribution in [3.63, 3.8) is 0 Å². The van der Waals surface area contributed by atoms with E-state index in [1.165, 1.54) is 32.1 Å². The molecule has 4 bridgehead atoms. The number of rotatable bonds is 3. The van der Waals surface area contributed by atoms with Gasteiger partial charge in [0.05, 0.1) is 11.6 Å². The molecule has 4 aliphatic carbocycles. The number of benzene rings is 1. The van der Waals surface area contributed by atoms with Gasteiger partial charge in [0.15, 0.2) is 0 Å². The number of amides is 1. The highest BCUT2D eigenvalue weighted by atomic mass is 79.9. The van der Waals surface area contributed by atoms with E-state index < -0.39 is 0 Å². The lowest BCUT2D eigenvalue weighted by Gasteiger charge is -2.60. The van der Waals surface area contributed by atoms with Gasteiger partial charge < -0.3 is 5.32 Å². The summed E-state index contributed by atoms with van der Waals surface area (Å²) in [6.45, 7) is 0.